The molecule has 3 atom stereocenters. The number of H-pyrrole nitrogens is 1. The lowest BCUT2D eigenvalue weighted by Gasteiger charge is -2.25. The third-order valence-electron chi connectivity index (χ3n) is 6.28. The molecule has 0 aromatic carbocycles. The Morgan fingerprint density at radius 2 is 1.75 bits per heavy atom. The number of unbranched alkanes of at least 4 members (excludes halogenated alkanes) is 5. The number of carbonyl (C=O) groups is 1. The van der Waals surface area contributed by atoms with Gasteiger partial charge in [-0.2, -0.15) is 4.39 Å². The number of carbonyl (C=O) groups excluding carboxylic acids is 1. The van der Waals surface area contributed by atoms with Gasteiger partial charge in [-0.15, -0.1) is 0 Å². The summed E-state index contributed by atoms with van der Waals surface area (Å²) in [5.74, 6) is -1.67. The molecule has 1 aliphatic heterocycles. The molecule has 0 bridgehead atoms. The van der Waals surface area contributed by atoms with Crippen molar-refractivity contribution >= 4 is 5.78 Å². The number of hydrogen-bond donors (Lipinski definition) is 3. The van der Waals surface area contributed by atoms with E-state index in [4.69, 9.17) is 4.74 Å². The van der Waals surface area contributed by atoms with E-state index >= 15 is 0 Å². The zero-order valence-electron chi connectivity index (χ0n) is 21.0. The van der Waals surface area contributed by atoms with Gasteiger partial charge in [0, 0.05) is 12.8 Å². The number of nitrogens with zero attached hydrogens (tertiary/aromatic N) is 1. The van der Waals surface area contributed by atoms with Crippen LogP contribution in [-0.4, -0.2) is 43.9 Å². The summed E-state index contributed by atoms with van der Waals surface area (Å²) < 4.78 is 19.9. The van der Waals surface area contributed by atoms with Crippen molar-refractivity contribution in [1.82, 2.24) is 9.55 Å². The number of aromatic amines is 1. The topological polar surface area (TPSA) is 122 Å². The van der Waals surface area contributed by atoms with Crippen molar-refractivity contribution in [2.75, 3.05) is 6.61 Å². The molecule has 1 fully saturated rings. The Morgan fingerprint density at radius 3 is 2.44 bits per heavy atom. The van der Waals surface area contributed by atoms with Crippen LogP contribution in [-0.2, 0) is 9.53 Å². The minimum atomic E-state index is -1.99. The zero-order valence-corrected chi connectivity index (χ0v) is 21.0. The van der Waals surface area contributed by atoms with Crippen molar-refractivity contribution in [2.45, 2.75) is 95.5 Å². The number of nitrogens with one attached hydrogen (secondary N) is 1. The van der Waals surface area contributed by atoms with Gasteiger partial charge in [0.05, 0.1) is 12.8 Å². The predicted molar refractivity (Wildman–Crippen MR) is 136 cm³/mol. The number of ether oxygens (including phenoxy) is 1. The number of aliphatic hydroxyl groups excluding tert-OH is 1. The van der Waals surface area contributed by atoms with Gasteiger partial charge in [-0.05, 0) is 38.5 Å². The van der Waals surface area contributed by atoms with Gasteiger partial charge in [0.15, 0.2) is 11.4 Å². The van der Waals surface area contributed by atoms with Crippen molar-refractivity contribution in [3.63, 3.8) is 0 Å². The Balaban J connectivity index is 1.69. The van der Waals surface area contributed by atoms with Crippen LogP contribution in [0, 0.1) is 5.82 Å². The van der Waals surface area contributed by atoms with Crippen LogP contribution in [0.5, 0.6) is 0 Å². The summed E-state index contributed by atoms with van der Waals surface area (Å²) in [4.78, 5) is 37.8. The normalized spacial score (nSPS) is 22.4. The molecule has 200 valence electrons. The number of aromatic nitrogens is 2. The zero-order chi connectivity index (χ0) is 26.4. The monoisotopic (exact) mass is 506 g/mol. The first-order valence-corrected chi connectivity index (χ1v) is 12.8. The number of aliphatic hydroxyl groups is 2. The van der Waals surface area contributed by atoms with E-state index in [-0.39, 0.29) is 12.8 Å². The second-order valence-corrected chi connectivity index (χ2v) is 9.06. The lowest BCUT2D eigenvalue weighted by molar-refractivity contribution is -0.146. The Bertz CT molecular complexity index is 1030. The summed E-state index contributed by atoms with van der Waals surface area (Å²) in [6.45, 7) is 1.48. The van der Waals surface area contributed by atoms with Gasteiger partial charge in [-0.25, -0.2) is 4.79 Å². The van der Waals surface area contributed by atoms with Crippen LogP contribution in [0.2, 0.25) is 0 Å². The van der Waals surface area contributed by atoms with E-state index in [1.165, 1.54) is 0 Å². The lowest BCUT2D eigenvalue weighted by atomic mass is 9.87. The molecule has 1 aromatic heterocycles. The molecule has 8 nitrogen and oxygen atoms in total. The second kappa shape index (κ2) is 15.5. The average molecular weight is 507 g/mol. The lowest BCUT2D eigenvalue weighted by Crippen LogP contribution is -2.47. The minimum Gasteiger partial charge on any atom is -0.394 e. The van der Waals surface area contributed by atoms with E-state index < -0.39 is 47.4 Å². The first kappa shape index (κ1) is 29.6. The highest BCUT2D eigenvalue weighted by Gasteiger charge is 2.52. The van der Waals surface area contributed by atoms with Crippen molar-refractivity contribution in [2.24, 2.45) is 0 Å². The van der Waals surface area contributed by atoms with E-state index in [9.17, 15) is 29.0 Å². The Hall–Kier alpha value is -2.62. The molecule has 1 saturated heterocycles. The number of halogens is 1. The molecule has 2 heterocycles. The summed E-state index contributed by atoms with van der Waals surface area (Å²) in [7, 11) is 0. The molecule has 1 aromatic rings. The van der Waals surface area contributed by atoms with Crippen LogP contribution in [0.4, 0.5) is 4.39 Å². The molecule has 0 saturated carbocycles. The maximum Gasteiger partial charge on any atom is 0.330 e. The van der Waals surface area contributed by atoms with Crippen molar-refractivity contribution < 1.29 is 24.1 Å². The van der Waals surface area contributed by atoms with Gasteiger partial charge in [0.25, 0.3) is 5.56 Å². The molecule has 0 unspecified atom stereocenters. The fourth-order valence-corrected chi connectivity index (χ4v) is 4.20. The van der Waals surface area contributed by atoms with Gasteiger partial charge in [-0.1, -0.05) is 62.6 Å². The maximum absolute atomic E-state index is 13.6. The standard InChI is InChI=1S/C27H39FN2O6/c1-2-3-4-5-6-7-8-9-10-11-12-13-14-15-16-17-22(32)27(35)18-24(36-23(27)20-31)30-19-21(28)25(33)29-26(30)34/h3-4,6-7,9-10,19,23-24,31,35H,2,5,8,11-18,20H2,1H3,(H,29,33,34)/t23-,24-,27-/m1/s1. The first-order valence-electron chi connectivity index (χ1n) is 12.8. The van der Waals surface area contributed by atoms with E-state index in [1.54, 1.807) is 0 Å². The molecular weight excluding hydrogens is 467 g/mol. The Labute approximate surface area is 211 Å². The molecule has 36 heavy (non-hydrogen) atoms. The third-order valence-corrected chi connectivity index (χ3v) is 6.28. The summed E-state index contributed by atoms with van der Waals surface area (Å²) in [5.41, 5.74) is -4.08. The quantitative estimate of drug-likeness (QED) is 0.231. The van der Waals surface area contributed by atoms with Crippen LogP contribution >= 0.6 is 0 Å². The maximum atomic E-state index is 13.6. The number of hydrogen-bond acceptors (Lipinski definition) is 6. The molecule has 0 aliphatic carbocycles. The van der Waals surface area contributed by atoms with Gasteiger partial charge in [0.2, 0.25) is 5.82 Å². The molecule has 0 amide bonds. The Kier molecular flexibility index (Phi) is 12.7. The van der Waals surface area contributed by atoms with Crippen LogP contribution < -0.4 is 11.2 Å². The Morgan fingerprint density at radius 1 is 1.11 bits per heavy atom. The fourth-order valence-electron chi connectivity index (χ4n) is 4.20. The summed E-state index contributed by atoms with van der Waals surface area (Å²) in [6, 6.07) is 0. The summed E-state index contributed by atoms with van der Waals surface area (Å²) in [5, 5.41) is 20.6. The molecule has 1 aliphatic rings. The van der Waals surface area contributed by atoms with Gasteiger partial charge in [0.1, 0.15) is 12.3 Å². The first-order chi connectivity index (χ1) is 17.3. The number of Topliss-reactive ketones (excluding diaryl/α,β-unsaturated/α-hetero) is 1. The average Bonchev–Trinajstić information content (AvgIpc) is 3.21. The van der Waals surface area contributed by atoms with Crippen molar-refractivity contribution in [3.05, 3.63) is 69.3 Å². The SMILES string of the molecule is CCC=CCC=CCC=CCCCCCCCC(=O)[C@]1(O)C[C@H](n2cc(F)c(=O)[nH]c2=O)O[C@@H]1CO. The van der Waals surface area contributed by atoms with E-state index in [0.29, 0.717) is 12.6 Å². The van der Waals surface area contributed by atoms with Crippen LogP contribution in [0.15, 0.2) is 52.2 Å². The van der Waals surface area contributed by atoms with Crippen molar-refractivity contribution in [3.8, 4) is 0 Å². The predicted octanol–water partition coefficient (Wildman–Crippen LogP) is 3.85. The molecule has 0 radical (unpaired) electrons. The van der Waals surface area contributed by atoms with Crippen LogP contribution in [0.1, 0.15) is 83.8 Å². The van der Waals surface area contributed by atoms with Crippen LogP contribution in [0.25, 0.3) is 0 Å². The number of allylic oxidation sites excluding steroid dienone is 6. The molecule has 3 N–H and O–H groups in total. The molecule has 9 heteroatoms. The van der Waals surface area contributed by atoms with E-state index in [1.807, 2.05) is 4.98 Å². The third kappa shape index (κ3) is 8.80. The highest BCUT2D eigenvalue weighted by atomic mass is 19.1. The number of rotatable bonds is 16. The van der Waals surface area contributed by atoms with E-state index in [2.05, 4.69) is 43.4 Å². The van der Waals surface area contributed by atoms with Crippen molar-refractivity contribution in [1.29, 1.82) is 0 Å². The summed E-state index contributed by atoms with van der Waals surface area (Å²) >= 11 is 0. The molecular formula is C27H39FN2O6. The molecule has 0 spiro atoms. The fraction of sp³-hybridized carbons (Fsp3) is 0.593. The second-order valence-electron chi connectivity index (χ2n) is 9.06. The van der Waals surface area contributed by atoms with E-state index in [0.717, 1.165) is 55.9 Å². The smallest absolute Gasteiger partial charge is 0.330 e. The molecule has 2 rings (SSSR count). The largest absolute Gasteiger partial charge is 0.394 e. The number of ketones is 1. The summed E-state index contributed by atoms with van der Waals surface area (Å²) in [6.07, 6.45) is 19.6. The van der Waals surface area contributed by atoms with Gasteiger partial charge < -0.3 is 14.9 Å². The highest BCUT2D eigenvalue weighted by molar-refractivity contribution is 5.88. The van der Waals surface area contributed by atoms with Crippen LogP contribution in [0.3, 0.4) is 0 Å². The van der Waals surface area contributed by atoms with Gasteiger partial charge in [-0.3, -0.25) is 19.1 Å². The highest BCUT2D eigenvalue weighted by Crippen LogP contribution is 2.37. The minimum absolute atomic E-state index is 0.109. The van der Waals surface area contributed by atoms with Gasteiger partial charge >= 0.3 is 5.69 Å².